The van der Waals surface area contributed by atoms with E-state index in [4.69, 9.17) is 4.84 Å². The molecule has 1 aromatic heterocycles. The molecule has 22 heavy (non-hydrogen) atoms. The molecule has 1 rings (SSSR count). The van der Waals surface area contributed by atoms with Crippen molar-refractivity contribution < 1.29 is 19.8 Å². The Kier molecular flexibility index (Phi) is 4.90. The lowest BCUT2D eigenvalue weighted by Crippen LogP contribution is -2.47. The zero-order chi connectivity index (χ0) is 17.3. The van der Waals surface area contributed by atoms with Gasteiger partial charge in [0.2, 0.25) is 11.8 Å². The fraction of sp³-hybridized carbons (Fsp3) is 0.706. The number of carbonyl (C=O) groups excluding carboxylic acids is 1. The van der Waals surface area contributed by atoms with E-state index < -0.39 is 11.4 Å². The maximum atomic E-state index is 12.8. The highest BCUT2D eigenvalue weighted by Crippen LogP contribution is 2.48. The molecule has 0 saturated carbocycles. The molecular formula is C17H29NO4. The molecule has 1 atom stereocenters. The first kappa shape index (κ1) is 18.4. The van der Waals surface area contributed by atoms with Gasteiger partial charge in [0.1, 0.15) is 0 Å². The summed E-state index contributed by atoms with van der Waals surface area (Å²) in [5, 5.41) is 19.3. The Bertz CT molecular complexity index is 520. The van der Waals surface area contributed by atoms with Gasteiger partial charge in [-0.05, 0) is 24.2 Å². The fourth-order valence-electron chi connectivity index (χ4n) is 2.40. The number of hydrogen-bond acceptors (Lipinski definition) is 4. The summed E-state index contributed by atoms with van der Waals surface area (Å²) in [6.45, 7) is 14.2. The predicted molar refractivity (Wildman–Crippen MR) is 85.6 cm³/mol. The van der Waals surface area contributed by atoms with E-state index in [1.165, 1.54) is 12.1 Å². The molecule has 0 saturated heterocycles. The minimum absolute atomic E-state index is 0.0260. The Labute approximate surface area is 132 Å². The molecule has 0 radical (unpaired) electrons. The van der Waals surface area contributed by atoms with Crippen LogP contribution < -0.4 is 4.84 Å². The maximum absolute atomic E-state index is 12.8. The van der Waals surface area contributed by atoms with Crippen molar-refractivity contribution in [3.05, 3.63) is 12.1 Å². The summed E-state index contributed by atoms with van der Waals surface area (Å²) in [6, 6.07) is 2.54. The van der Waals surface area contributed by atoms with Crippen molar-refractivity contribution in [1.82, 2.24) is 4.73 Å². The van der Waals surface area contributed by atoms with Crippen molar-refractivity contribution in [3.63, 3.8) is 0 Å². The second-order valence-corrected chi connectivity index (χ2v) is 8.00. The number of carbonyl (C=O) groups is 1. The van der Waals surface area contributed by atoms with Crippen LogP contribution in [-0.4, -0.2) is 20.9 Å². The molecule has 5 nitrogen and oxygen atoms in total. The van der Waals surface area contributed by atoms with Gasteiger partial charge in [-0.15, -0.1) is 4.73 Å². The van der Waals surface area contributed by atoms with Gasteiger partial charge in [-0.25, -0.2) is 4.79 Å². The van der Waals surface area contributed by atoms with Gasteiger partial charge in [0.05, 0.1) is 5.41 Å². The SMILES string of the molecule is CCC(C)(C)CC(C)(C(=O)On1c(O)ccc1O)C(C)(C)C. The van der Waals surface area contributed by atoms with Crippen molar-refractivity contribution >= 4 is 5.97 Å². The summed E-state index contributed by atoms with van der Waals surface area (Å²) in [5.41, 5.74) is -1.13. The average Bonchev–Trinajstić information content (AvgIpc) is 2.68. The van der Waals surface area contributed by atoms with Crippen LogP contribution in [0, 0.1) is 16.2 Å². The quantitative estimate of drug-likeness (QED) is 0.869. The number of aromatic nitrogens is 1. The highest BCUT2D eigenvalue weighted by molar-refractivity contribution is 5.78. The largest absolute Gasteiger partial charge is 0.492 e. The average molecular weight is 311 g/mol. The number of rotatable bonds is 5. The third-order valence-corrected chi connectivity index (χ3v) is 4.87. The standard InChI is InChI=1S/C17H29NO4/c1-8-16(5,6)11-17(7,15(2,3)4)14(21)22-18-12(19)9-10-13(18)20/h9-10,19-20H,8,11H2,1-7H3. The van der Waals surface area contributed by atoms with E-state index in [-0.39, 0.29) is 22.6 Å². The van der Waals surface area contributed by atoms with Crippen LogP contribution in [0.15, 0.2) is 12.1 Å². The van der Waals surface area contributed by atoms with Gasteiger partial charge in [-0.2, -0.15) is 0 Å². The summed E-state index contributed by atoms with van der Waals surface area (Å²) >= 11 is 0. The van der Waals surface area contributed by atoms with E-state index >= 15 is 0 Å². The molecule has 0 fully saturated rings. The molecular weight excluding hydrogens is 282 g/mol. The van der Waals surface area contributed by atoms with Crippen LogP contribution in [0.5, 0.6) is 11.8 Å². The Morgan fingerprint density at radius 1 is 1.09 bits per heavy atom. The van der Waals surface area contributed by atoms with Crippen LogP contribution in [0.4, 0.5) is 0 Å². The van der Waals surface area contributed by atoms with Crippen LogP contribution >= 0.6 is 0 Å². The number of aromatic hydroxyl groups is 2. The summed E-state index contributed by atoms with van der Waals surface area (Å²) in [4.78, 5) is 18.1. The van der Waals surface area contributed by atoms with Crippen LogP contribution in [0.3, 0.4) is 0 Å². The van der Waals surface area contributed by atoms with Gasteiger partial charge < -0.3 is 15.1 Å². The number of hydrogen-bond donors (Lipinski definition) is 2. The zero-order valence-electron chi connectivity index (χ0n) is 14.7. The molecule has 0 bridgehead atoms. The lowest BCUT2D eigenvalue weighted by atomic mass is 9.60. The second-order valence-electron chi connectivity index (χ2n) is 8.00. The molecule has 5 heteroatoms. The lowest BCUT2D eigenvalue weighted by molar-refractivity contribution is -0.166. The molecule has 0 aromatic carbocycles. The highest BCUT2D eigenvalue weighted by atomic mass is 16.7. The molecule has 0 aliphatic heterocycles. The summed E-state index contributed by atoms with van der Waals surface area (Å²) in [5.74, 6) is -1.09. The molecule has 1 aromatic rings. The van der Waals surface area contributed by atoms with E-state index in [0.717, 1.165) is 11.2 Å². The zero-order valence-corrected chi connectivity index (χ0v) is 14.7. The van der Waals surface area contributed by atoms with E-state index in [1.807, 2.05) is 27.7 Å². The van der Waals surface area contributed by atoms with Gasteiger partial charge >= 0.3 is 5.97 Å². The van der Waals surface area contributed by atoms with E-state index in [2.05, 4.69) is 20.8 Å². The molecule has 0 spiro atoms. The summed E-state index contributed by atoms with van der Waals surface area (Å²) in [6.07, 6.45) is 1.58. The van der Waals surface area contributed by atoms with Gasteiger partial charge in [-0.3, -0.25) is 0 Å². The van der Waals surface area contributed by atoms with Crippen molar-refractivity contribution in [1.29, 1.82) is 0 Å². The Balaban J connectivity index is 3.15. The van der Waals surface area contributed by atoms with Gasteiger partial charge in [0, 0.05) is 12.1 Å². The normalized spacial score (nSPS) is 15.4. The van der Waals surface area contributed by atoms with Crippen molar-refractivity contribution in [3.8, 4) is 11.8 Å². The maximum Gasteiger partial charge on any atom is 0.339 e. The minimum Gasteiger partial charge on any atom is -0.492 e. The lowest BCUT2D eigenvalue weighted by Gasteiger charge is -2.43. The summed E-state index contributed by atoms with van der Waals surface area (Å²) in [7, 11) is 0. The third kappa shape index (κ3) is 3.57. The molecule has 0 amide bonds. The topological polar surface area (TPSA) is 71.7 Å². The van der Waals surface area contributed by atoms with Crippen molar-refractivity contribution in [2.45, 2.75) is 61.3 Å². The monoisotopic (exact) mass is 311 g/mol. The molecule has 0 aliphatic carbocycles. The molecule has 1 heterocycles. The first-order valence-corrected chi connectivity index (χ1v) is 7.66. The highest BCUT2D eigenvalue weighted by Gasteiger charge is 2.49. The van der Waals surface area contributed by atoms with E-state index in [9.17, 15) is 15.0 Å². The Hall–Kier alpha value is -1.65. The number of nitrogens with zero attached hydrogens (tertiary/aromatic N) is 1. The minimum atomic E-state index is -0.768. The van der Waals surface area contributed by atoms with Crippen LogP contribution in [0.2, 0.25) is 0 Å². The van der Waals surface area contributed by atoms with Crippen LogP contribution in [0.1, 0.15) is 61.3 Å². The van der Waals surface area contributed by atoms with Gasteiger partial charge in [0.25, 0.3) is 0 Å². The predicted octanol–water partition coefficient (Wildman–Crippen LogP) is 3.73. The fourth-order valence-corrected chi connectivity index (χ4v) is 2.40. The Morgan fingerprint density at radius 3 is 1.91 bits per heavy atom. The first-order valence-electron chi connectivity index (χ1n) is 7.66. The van der Waals surface area contributed by atoms with Gasteiger partial charge in [-0.1, -0.05) is 48.0 Å². The van der Waals surface area contributed by atoms with E-state index in [0.29, 0.717) is 6.42 Å². The smallest absolute Gasteiger partial charge is 0.339 e. The Morgan fingerprint density at radius 2 is 1.55 bits per heavy atom. The molecule has 126 valence electrons. The molecule has 2 N–H and O–H groups in total. The van der Waals surface area contributed by atoms with E-state index in [1.54, 1.807) is 0 Å². The molecule has 1 unspecified atom stereocenters. The second kappa shape index (κ2) is 5.86. The van der Waals surface area contributed by atoms with Crippen molar-refractivity contribution in [2.75, 3.05) is 0 Å². The van der Waals surface area contributed by atoms with Gasteiger partial charge in [0.15, 0.2) is 0 Å². The van der Waals surface area contributed by atoms with Crippen LogP contribution in [0.25, 0.3) is 0 Å². The summed E-state index contributed by atoms with van der Waals surface area (Å²) < 4.78 is 0.755. The third-order valence-electron chi connectivity index (χ3n) is 4.87. The first-order chi connectivity index (χ1) is 9.84. The van der Waals surface area contributed by atoms with Crippen LogP contribution in [-0.2, 0) is 4.79 Å². The molecule has 0 aliphatic rings. The van der Waals surface area contributed by atoms with Crippen molar-refractivity contribution in [2.24, 2.45) is 16.2 Å².